The summed E-state index contributed by atoms with van der Waals surface area (Å²) in [5.41, 5.74) is 0.0466. The molecule has 0 aliphatic carbocycles. The van der Waals surface area contributed by atoms with Crippen molar-refractivity contribution in [1.29, 1.82) is 0 Å². The van der Waals surface area contributed by atoms with Crippen LogP contribution in [0.3, 0.4) is 0 Å². The molecule has 1 aromatic rings. The van der Waals surface area contributed by atoms with Gasteiger partial charge >= 0.3 is 0 Å². The van der Waals surface area contributed by atoms with Crippen LogP contribution in [-0.4, -0.2) is 25.0 Å². The van der Waals surface area contributed by atoms with E-state index in [-0.39, 0.29) is 22.1 Å². The van der Waals surface area contributed by atoms with Gasteiger partial charge in [0.1, 0.15) is 5.82 Å². The molecule has 3 nitrogen and oxygen atoms in total. The second-order valence-corrected chi connectivity index (χ2v) is 7.89. The first-order chi connectivity index (χ1) is 8.30. The number of sulfone groups is 1. The van der Waals surface area contributed by atoms with Crippen molar-refractivity contribution in [2.75, 3.05) is 11.5 Å². The van der Waals surface area contributed by atoms with Crippen molar-refractivity contribution in [2.45, 2.75) is 12.5 Å². The van der Waals surface area contributed by atoms with E-state index >= 15 is 0 Å². The Morgan fingerprint density at radius 2 is 2.17 bits per heavy atom. The molecule has 7 heteroatoms. The lowest BCUT2D eigenvalue weighted by Gasteiger charge is -2.18. The maximum atomic E-state index is 13.7. The zero-order valence-electron chi connectivity index (χ0n) is 9.24. The van der Waals surface area contributed by atoms with Gasteiger partial charge in [0, 0.05) is 16.0 Å². The quantitative estimate of drug-likeness (QED) is 0.828. The Morgan fingerprint density at radius 3 is 2.72 bits per heavy atom. The average Bonchev–Trinajstić information content (AvgIpc) is 2.63. The topological polar surface area (TPSA) is 54.4 Å². The van der Waals surface area contributed by atoms with Crippen molar-refractivity contribution in [3.8, 4) is 0 Å². The van der Waals surface area contributed by atoms with Crippen molar-refractivity contribution in [3.63, 3.8) is 0 Å². The van der Waals surface area contributed by atoms with E-state index in [1.807, 2.05) is 0 Å². The predicted octanol–water partition coefficient (Wildman–Crippen LogP) is 2.71. The van der Waals surface area contributed by atoms with Crippen LogP contribution in [-0.2, 0) is 9.84 Å². The van der Waals surface area contributed by atoms with Crippen LogP contribution in [0.25, 0.3) is 0 Å². The van der Waals surface area contributed by atoms with Gasteiger partial charge in [0.2, 0.25) is 0 Å². The fourth-order valence-electron chi connectivity index (χ4n) is 2.09. The third-order valence-electron chi connectivity index (χ3n) is 3.07. The molecule has 2 rings (SSSR count). The molecule has 0 spiro atoms. The molecule has 1 aromatic carbocycles. The van der Waals surface area contributed by atoms with Crippen LogP contribution < -0.4 is 0 Å². The van der Waals surface area contributed by atoms with Crippen molar-refractivity contribution in [2.24, 2.45) is 5.92 Å². The first-order valence-electron chi connectivity index (χ1n) is 5.33. The van der Waals surface area contributed by atoms with Gasteiger partial charge in [-0.1, -0.05) is 11.6 Å². The van der Waals surface area contributed by atoms with Gasteiger partial charge in [-0.2, -0.15) is 0 Å². The smallest absolute Gasteiger partial charge is 0.150 e. The SMILES string of the molecule is O=S1(=O)CCC(C(O)c2cc(Cl)c(Br)cc2F)C1. The molecule has 0 amide bonds. The van der Waals surface area contributed by atoms with E-state index in [2.05, 4.69) is 15.9 Å². The number of rotatable bonds is 2. The van der Waals surface area contributed by atoms with Crippen LogP contribution in [0, 0.1) is 11.7 Å². The molecule has 0 bridgehead atoms. The van der Waals surface area contributed by atoms with Crippen molar-refractivity contribution in [3.05, 3.63) is 33.0 Å². The van der Waals surface area contributed by atoms with E-state index < -0.39 is 27.7 Å². The number of hydrogen-bond donors (Lipinski definition) is 1. The normalized spacial score (nSPS) is 24.1. The van der Waals surface area contributed by atoms with E-state index in [4.69, 9.17) is 11.6 Å². The molecule has 2 unspecified atom stereocenters. The lowest BCUT2D eigenvalue weighted by molar-refractivity contribution is 0.117. The molecular weight excluding hydrogens is 347 g/mol. The maximum Gasteiger partial charge on any atom is 0.150 e. The van der Waals surface area contributed by atoms with Gasteiger partial charge in [-0.25, -0.2) is 12.8 Å². The highest BCUT2D eigenvalue weighted by Gasteiger charge is 2.34. The van der Waals surface area contributed by atoms with Crippen LogP contribution in [0.15, 0.2) is 16.6 Å². The van der Waals surface area contributed by atoms with Crippen molar-refractivity contribution >= 4 is 37.4 Å². The second-order valence-electron chi connectivity index (χ2n) is 4.40. The van der Waals surface area contributed by atoms with Crippen LogP contribution in [0.2, 0.25) is 5.02 Å². The summed E-state index contributed by atoms with van der Waals surface area (Å²) in [5, 5.41) is 10.4. The second kappa shape index (κ2) is 5.07. The van der Waals surface area contributed by atoms with Gasteiger partial charge in [-0.3, -0.25) is 0 Å². The van der Waals surface area contributed by atoms with Gasteiger partial charge in [0.25, 0.3) is 0 Å². The summed E-state index contributed by atoms with van der Waals surface area (Å²) in [7, 11) is -3.10. The Bertz CT molecular complexity index is 576. The summed E-state index contributed by atoms with van der Waals surface area (Å²) >= 11 is 8.93. The molecule has 0 saturated carbocycles. The van der Waals surface area contributed by atoms with E-state index in [1.54, 1.807) is 0 Å². The van der Waals surface area contributed by atoms with Crippen LogP contribution >= 0.6 is 27.5 Å². The van der Waals surface area contributed by atoms with Crippen molar-refractivity contribution < 1.29 is 17.9 Å². The minimum Gasteiger partial charge on any atom is -0.388 e. The molecule has 1 fully saturated rings. The first-order valence-corrected chi connectivity index (χ1v) is 8.32. The summed E-state index contributed by atoms with van der Waals surface area (Å²) in [4.78, 5) is 0. The van der Waals surface area contributed by atoms with Gasteiger partial charge in [0.15, 0.2) is 9.84 Å². The standard InChI is InChI=1S/C11H11BrClFO3S/c12-8-4-10(14)7(3-9(8)13)11(15)6-1-2-18(16,17)5-6/h3-4,6,11,15H,1-2,5H2. The molecule has 1 heterocycles. The van der Waals surface area contributed by atoms with E-state index in [9.17, 15) is 17.9 Å². The lowest BCUT2D eigenvalue weighted by Crippen LogP contribution is -2.15. The fraction of sp³-hybridized carbons (Fsp3) is 0.455. The number of aliphatic hydroxyl groups excluding tert-OH is 1. The van der Waals surface area contributed by atoms with Crippen LogP contribution in [0.1, 0.15) is 18.1 Å². The molecule has 0 aromatic heterocycles. The molecule has 1 aliphatic heterocycles. The molecule has 0 radical (unpaired) electrons. The summed E-state index contributed by atoms with van der Waals surface area (Å²) in [6.45, 7) is 0. The molecule has 1 N–H and O–H groups in total. The third kappa shape index (κ3) is 2.87. The Labute approximate surface area is 118 Å². The van der Waals surface area contributed by atoms with Gasteiger partial charge in [-0.15, -0.1) is 0 Å². The Balaban J connectivity index is 2.30. The Hall–Kier alpha value is -0.170. The van der Waals surface area contributed by atoms with Gasteiger partial charge in [-0.05, 0) is 34.5 Å². The maximum absolute atomic E-state index is 13.7. The monoisotopic (exact) mass is 356 g/mol. The minimum atomic E-state index is -3.10. The van der Waals surface area contributed by atoms with Crippen molar-refractivity contribution in [1.82, 2.24) is 0 Å². The Kier molecular flexibility index (Phi) is 4.02. The molecule has 1 saturated heterocycles. The summed E-state index contributed by atoms with van der Waals surface area (Å²) < 4.78 is 36.8. The van der Waals surface area contributed by atoms with Crippen LogP contribution in [0.4, 0.5) is 4.39 Å². The highest BCUT2D eigenvalue weighted by Crippen LogP contribution is 2.35. The number of aliphatic hydroxyl groups is 1. The highest BCUT2D eigenvalue weighted by atomic mass is 79.9. The van der Waals surface area contributed by atoms with Gasteiger partial charge < -0.3 is 5.11 Å². The van der Waals surface area contributed by atoms with Crippen LogP contribution in [0.5, 0.6) is 0 Å². The fourth-order valence-corrected chi connectivity index (χ4v) is 4.41. The highest BCUT2D eigenvalue weighted by molar-refractivity contribution is 9.10. The molecular formula is C11H11BrClFO3S. The first kappa shape index (κ1) is 14.2. The molecule has 2 atom stereocenters. The summed E-state index contributed by atoms with van der Waals surface area (Å²) in [6.07, 6.45) is -0.802. The van der Waals surface area contributed by atoms with E-state index in [1.165, 1.54) is 12.1 Å². The Morgan fingerprint density at radius 1 is 1.50 bits per heavy atom. The molecule has 18 heavy (non-hydrogen) atoms. The predicted molar refractivity (Wildman–Crippen MR) is 70.8 cm³/mol. The number of halogens is 3. The molecule has 100 valence electrons. The summed E-state index contributed by atoms with van der Waals surface area (Å²) in [5.74, 6) is -1.13. The summed E-state index contributed by atoms with van der Waals surface area (Å²) in [6, 6.07) is 2.50. The van der Waals surface area contributed by atoms with Gasteiger partial charge in [0.05, 0.1) is 22.6 Å². The minimum absolute atomic E-state index is 0.0423. The zero-order valence-corrected chi connectivity index (χ0v) is 12.4. The molecule has 1 aliphatic rings. The largest absolute Gasteiger partial charge is 0.388 e. The number of benzene rings is 1. The lowest BCUT2D eigenvalue weighted by atomic mass is 9.95. The zero-order chi connectivity index (χ0) is 13.5. The third-order valence-corrected chi connectivity index (χ3v) is 6.06. The van der Waals surface area contributed by atoms with E-state index in [0.717, 1.165) is 0 Å². The van der Waals surface area contributed by atoms with E-state index in [0.29, 0.717) is 10.9 Å². The number of hydrogen-bond acceptors (Lipinski definition) is 3. The average molecular weight is 358 g/mol.